The first-order valence-corrected chi connectivity index (χ1v) is 14.0. The minimum Gasteiger partial charge on any atom is -0.489 e. The Morgan fingerprint density at radius 1 is 1.12 bits per heavy atom. The van der Waals surface area contributed by atoms with E-state index in [4.69, 9.17) is 15.2 Å². The number of primary amides is 1. The van der Waals surface area contributed by atoms with Crippen molar-refractivity contribution in [3.8, 4) is 22.1 Å². The number of halogens is 4. The molecule has 3 N–H and O–H groups in total. The van der Waals surface area contributed by atoms with E-state index in [1.54, 1.807) is 0 Å². The normalized spacial score (nSPS) is 14.0. The van der Waals surface area contributed by atoms with E-state index >= 15 is 0 Å². The molecule has 4 rings (SSSR count). The van der Waals surface area contributed by atoms with Gasteiger partial charge in [-0.05, 0) is 54.9 Å². The fourth-order valence-corrected chi connectivity index (χ4v) is 5.17. The van der Waals surface area contributed by atoms with E-state index in [-0.39, 0.29) is 46.0 Å². The van der Waals surface area contributed by atoms with Gasteiger partial charge in [0.15, 0.2) is 11.5 Å². The number of nitrogens with two attached hydrogens (primary N) is 1. The molecule has 8 nitrogen and oxygen atoms in total. The Bertz CT molecular complexity index is 1440. The van der Waals surface area contributed by atoms with Crippen molar-refractivity contribution in [1.82, 2.24) is 10.3 Å². The summed E-state index contributed by atoms with van der Waals surface area (Å²) in [4.78, 5) is 30.0. The van der Waals surface area contributed by atoms with Gasteiger partial charge < -0.3 is 25.3 Å². The van der Waals surface area contributed by atoms with E-state index in [1.807, 2.05) is 20.8 Å². The zero-order valence-corrected chi connectivity index (χ0v) is 24.0. The molecular formula is C29H31F4N3O5S. The first kappa shape index (κ1) is 31.1. The van der Waals surface area contributed by atoms with Crippen LogP contribution in [0, 0.1) is 23.0 Å². The van der Waals surface area contributed by atoms with Crippen molar-refractivity contribution in [3.63, 3.8) is 0 Å². The Morgan fingerprint density at radius 2 is 1.86 bits per heavy atom. The molecule has 13 heteroatoms. The lowest BCUT2D eigenvalue weighted by molar-refractivity contribution is -0.0515. The van der Waals surface area contributed by atoms with Crippen molar-refractivity contribution in [2.45, 2.75) is 59.3 Å². The number of hydrogen-bond acceptors (Lipinski definition) is 7. The molecule has 0 radical (unpaired) electrons. The summed E-state index contributed by atoms with van der Waals surface area (Å²) in [5.74, 6) is -2.01. The SMILES string of the molecule is CC(C)(C)CC(OC(N)=O)c1sc(-c2ccc(OC(F)F)c(OCC3CC3)c2)nc1C(=O)NCc1ccc(F)cc1F. The van der Waals surface area contributed by atoms with Gasteiger partial charge in [-0.2, -0.15) is 8.78 Å². The molecule has 0 saturated heterocycles. The summed E-state index contributed by atoms with van der Waals surface area (Å²) in [5.41, 5.74) is 5.38. The molecule has 0 bridgehead atoms. The summed E-state index contributed by atoms with van der Waals surface area (Å²) in [6, 6.07) is 7.30. The molecule has 3 aromatic rings. The Balaban J connectivity index is 1.72. The maximum atomic E-state index is 14.2. The van der Waals surface area contributed by atoms with Crippen molar-refractivity contribution in [2.24, 2.45) is 17.1 Å². The summed E-state index contributed by atoms with van der Waals surface area (Å²) in [6.07, 6.45) is 0.236. The van der Waals surface area contributed by atoms with Crippen LogP contribution in [0.1, 0.15) is 67.1 Å². The molecule has 1 aliphatic carbocycles. The van der Waals surface area contributed by atoms with Crippen molar-refractivity contribution >= 4 is 23.3 Å². The second kappa shape index (κ2) is 13.0. The van der Waals surface area contributed by atoms with Crippen molar-refractivity contribution in [3.05, 3.63) is 64.2 Å². The molecule has 1 heterocycles. The van der Waals surface area contributed by atoms with E-state index in [9.17, 15) is 27.2 Å². The fourth-order valence-electron chi connectivity index (χ4n) is 4.08. The standard InChI is InChI=1S/C29H31F4N3O5S/c1-29(2,3)12-22(41-28(34)38)24-23(25(37)35-13-17-6-8-18(30)11-19(17)31)36-26(42-24)16-7-9-20(40-27(32)33)21(10-16)39-14-15-4-5-15/h6-11,15,22,27H,4-5,12-14H2,1-3H3,(H2,34,38)(H,35,37). The summed E-state index contributed by atoms with van der Waals surface area (Å²) in [6.45, 7) is 2.74. The van der Waals surface area contributed by atoms with E-state index in [0.717, 1.165) is 30.2 Å². The summed E-state index contributed by atoms with van der Waals surface area (Å²) >= 11 is 1.05. The Hall–Kier alpha value is -3.87. The Labute approximate surface area is 244 Å². The maximum Gasteiger partial charge on any atom is 0.405 e. The van der Waals surface area contributed by atoms with Crippen LogP contribution < -0.4 is 20.5 Å². The van der Waals surface area contributed by atoms with Crippen LogP contribution in [0.15, 0.2) is 36.4 Å². The molecule has 0 spiro atoms. The number of amides is 2. The third-order valence-corrected chi connectivity index (χ3v) is 7.45. The van der Waals surface area contributed by atoms with Gasteiger partial charge in [0.25, 0.3) is 5.91 Å². The number of aromatic nitrogens is 1. The number of carbonyl (C=O) groups excluding carboxylic acids is 2. The highest BCUT2D eigenvalue weighted by molar-refractivity contribution is 7.15. The monoisotopic (exact) mass is 609 g/mol. The quantitative estimate of drug-likeness (QED) is 0.214. The minimum atomic E-state index is -3.06. The van der Waals surface area contributed by atoms with Crippen LogP contribution in [-0.4, -0.2) is 30.2 Å². The van der Waals surface area contributed by atoms with Gasteiger partial charge in [0, 0.05) is 23.7 Å². The number of rotatable bonds is 12. The lowest BCUT2D eigenvalue weighted by atomic mass is 9.88. The van der Waals surface area contributed by atoms with Gasteiger partial charge in [0.1, 0.15) is 28.4 Å². The number of alkyl halides is 2. The van der Waals surface area contributed by atoms with Crippen LogP contribution in [0.3, 0.4) is 0 Å². The van der Waals surface area contributed by atoms with E-state index in [0.29, 0.717) is 29.2 Å². The van der Waals surface area contributed by atoms with Crippen LogP contribution in [-0.2, 0) is 11.3 Å². The van der Waals surface area contributed by atoms with Crippen LogP contribution in [0.4, 0.5) is 22.4 Å². The Kier molecular flexibility index (Phi) is 9.60. The summed E-state index contributed by atoms with van der Waals surface area (Å²) in [5, 5.41) is 2.88. The number of ether oxygens (including phenoxy) is 3. The molecule has 1 aliphatic rings. The first-order chi connectivity index (χ1) is 19.8. The van der Waals surface area contributed by atoms with Gasteiger partial charge in [-0.3, -0.25) is 4.79 Å². The minimum absolute atomic E-state index is 0.0495. The van der Waals surface area contributed by atoms with Crippen molar-refractivity contribution in [1.29, 1.82) is 0 Å². The molecule has 226 valence electrons. The summed E-state index contributed by atoms with van der Waals surface area (Å²) < 4.78 is 69.3. The van der Waals surface area contributed by atoms with Crippen LogP contribution in [0.5, 0.6) is 11.5 Å². The predicted octanol–water partition coefficient (Wildman–Crippen LogP) is 6.98. The van der Waals surface area contributed by atoms with Crippen molar-refractivity contribution in [2.75, 3.05) is 6.61 Å². The average Bonchev–Trinajstić information content (AvgIpc) is 3.61. The number of nitrogens with one attached hydrogen (secondary N) is 1. The van der Waals surface area contributed by atoms with Crippen molar-refractivity contribution < 1.29 is 41.4 Å². The van der Waals surface area contributed by atoms with Crippen LogP contribution in [0.25, 0.3) is 10.6 Å². The number of nitrogens with zero attached hydrogens (tertiary/aromatic N) is 1. The molecule has 1 aromatic heterocycles. The van der Waals surface area contributed by atoms with Gasteiger partial charge in [-0.1, -0.05) is 26.8 Å². The zero-order valence-electron chi connectivity index (χ0n) is 23.2. The second-order valence-electron chi connectivity index (χ2n) is 11.1. The van der Waals surface area contributed by atoms with Gasteiger partial charge in [0.05, 0.1) is 11.5 Å². The molecule has 1 saturated carbocycles. The second-order valence-corrected chi connectivity index (χ2v) is 12.2. The average molecular weight is 610 g/mol. The molecule has 42 heavy (non-hydrogen) atoms. The smallest absolute Gasteiger partial charge is 0.405 e. The van der Waals surface area contributed by atoms with Gasteiger partial charge >= 0.3 is 12.7 Å². The summed E-state index contributed by atoms with van der Waals surface area (Å²) in [7, 11) is 0. The number of hydrogen-bond donors (Lipinski definition) is 2. The van der Waals surface area contributed by atoms with E-state index in [2.05, 4.69) is 15.0 Å². The third kappa shape index (κ3) is 8.57. The highest BCUT2D eigenvalue weighted by atomic mass is 32.1. The van der Waals surface area contributed by atoms with Crippen LogP contribution >= 0.6 is 11.3 Å². The maximum absolute atomic E-state index is 14.2. The number of carbonyl (C=O) groups is 2. The van der Waals surface area contributed by atoms with Crippen LogP contribution in [0.2, 0.25) is 0 Å². The van der Waals surface area contributed by atoms with E-state index in [1.165, 1.54) is 24.3 Å². The molecule has 2 amide bonds. The lowest BCUT2D eigenvalue weighted by Crippen LogP contribution is -2.27. The van der Waals surface area contributed by atoms with Gasteiger partial charge in [-0.15, -0.1) is 11.3 Å². The molecule has 1 atom stereocenters. The number of benzene rings is 2. The topological polar surface area (TPSA) is 113 Å². The first-order valence-electron chi connectivity index (χ1n) is 13.2. The largest absolute Gasteiger partial charge is 0.489 e. The molecule has 0 aliphatic heterocycles. The Morgan fingerprint density at radius 3 is 2.48 bits per heavy atom. The lowest BCUT2D eigenvalue weighted by Gasteiger charge is -2.25. The van der Waals surface area contributed by atoms with E-state index < -0.39 is 36.4 Å². The number of thiazole rings is 1. The molecule has 2 aromatic carbocycles. The predicted molar refractivity (Wildman–Crippen MR) is 147 cm³/mol. The van der Waals surface area contributed by atoms with Gasteiger partial charge in [0.2, 0.25) is 0 Å². The van der Waals surface area contributed by atoms with Gasteiger partial charge in [-0.25, -0.2) is 18.6 Å². The molecule has 1 unspecified atom stereocenters. The zero-order chi connectivity index (χ0) is 30.6. The highest BCUT2D eigenvalue weighted by Crippen LogP contribution is 2.42. The molecule has 1 fully saturated rings. The fraction of sp³-hybridized carbons (Fsp3) is 0.414. The molecular weight excluding hydrogens is 578 g/mol. The third-order valence-electron chi connectivity index (χ3n) is 6.25. The highest BCUT2D eigenvalue weighted by Gasteiger charge is 2.31.